The van der Waals surface area contributed by atoms with Crippen molar-refractivity contribution in [3.63, 3.8) is 0 Å². The van der Waals surface area contributed by atoms with Gasteiger partial charge in [0.05, 0.1) is 10.9 Å². The molecule has 0 unspecified atom stereocenters. The Morgan fingerprint density at radius 2 is 1.50 bits per heavy atom. The molecule has 0 bridgehead atoms. The van der Waals surface area contributed by atoms with Gasteiger partial charge in [-0.2, -0.15) is 0 Å². The van der Waals surface area contributed by atoms with Crippen LogP contribution in [-0.4, -0.2) is 9.97 Å². The molecule has 0 radical (unpaired) electrons. The number of rotatable bonds is 0. The van der Waals surface area contributed by atoms with Gasteiger partial charge in [0.25, 0.3) is 0 Å². The van der Waals surface area contributed by atoms with Crippen molar-refractivity contribution < 1.29 is 0 Å². The predicted octanol–water partition coefficient (Wildman–Crippen LogP) is 4.56. The fraction of sp³-hybridized carbons (Fsp3) is 0. The molecule has 2 N–H and O–H groups in total. The Bertz CT molecular complexity index is 1010. The number of fused-ring (bicyclic) bond motifs is 6. The molecule has 0 spiro atoms. The summed E-state index contributed by atoms with van der Waals surface area (Å²) in [4.78, 5) is 6.95. The van der Waals surface area contributed by atoms with Crippen molar-refractivity contribution >= 4 is 43.6 Å². The van der Waals surface area contributed by atoms with Crippen LogP contribution < -0.4 is 0 Å². The minimum Gasteiger partial charge on any atom is -0.354 e. The SMILES string of the molecule is c1ccc2[nH]c3cc4c(cc3c2c#1)[nH]c1ccccc14. The first-order valence-electron chi connectivity index (χ1n) is 6.64. The van der Waals surface area contributed by atoms with E-state index in [4.69, 9.17) is 0 Å². The molecule has 5 rings (SSSR count). The molecule has 0 atom stereocenters. The average molecular weight is 254 g/mol. The van der Waals surface area contributed by atoms with Gasteiger partial charge >= 0.3 is 0 Å². The van der Waals surface area contributed by atoms with E-state index in [9.17, 15) is 0 Å². The van der Waals surface area contributed by atoms with Crippen LogP contribution in [0.4, 0.5) is 0 Å². The maximum absolute atomic E-state index is 3.49. The summed E-state index contributed by atoms with van der Waals surface area (Å²) in [6.07, 6.45) is 0. The van der Waals surface area contributed by atoms with Gasteiger partial charge in [0.2, 0.25) is 0 Å². The summed E-state index contributed by atoms with van der Waals surface area (Å²) in [6.45, 7) is 0. The van der Waals surface area contributed by atoms with Crippen LogP contribution in [0.2, 0.25) is 0 Å². The second-order valence-electron chi connectivity index (χ2n) is 5.13. The molecule has 20 heavy (non-hydrogen) atoms. The number of aromatic nitrogens is 2. The molecule has 3 aromatic carbocycles. The standard InChI is InChI=1S/C18H10N2/c1-3-7-15-11(5-1)13-9-18-14(10-17(13)19-15)12-6-2-4-8-16(12)20-18/h1,3-5,7-10,19-20H. The third-order valence-corrected chi connectivity index (χ3v) is 3.98. The molecule has 0 saturated carbocycles. The van der Waals surface area contributed by atoms with Gasteiger partial charge < -0.3 is 9.97 Å². The van der Waals surface area contributed by atoms with E-state index >= 15 is 0 Å². The van der Waals surface area contributed by atoms with E-state index in [1.807, 2.05) is 12.1 Å². The van der Waals surface area contributed by atoms with E-state index < -0.39 is 0 Å². The van der Waals surface area contributed by atoms with Crippen molar-refractivity contribution in [1.82, 2.24) is 9.97 Å². The third kappa shape index (κ3) is 1.15. The highest BCUT2D eigenvalue weighted by Gasteiger charge is 2.09. The normalized spacial score (nSPS) is 11.6. The molecular formula is C18H10N2. The van der Waals surface area contributed by atoms with E-state index in [1.54, 1.807) is 0 Å². The number of H-pyrrole nitrogens is 2. The molecule has 0 saturated heterocycles. The fourth-order valence-electron chi connectivity index (χ4n) is 3.06. The average Bonchev–Trinajstić information content (AvgIpc) is 3.02. The highest BCUT2D eigenvalue weighted by molar-refractivity contribution is 6.16. The molecule has 0 aliphatic rings. The predicted molar refractivity (Wildman–Crippen MR) is 82.8 cm³/mol. The fourth-order valence-corrected chi connectivity index (χ4v) is 3.06. The van der Waals surface area contributed by atoms with Crippen LogP contribution in [0.5, 0.6) is 0 Å². The summed E-state index contributed by atoms with van der Waals surface area (Å²) in [5, 5.41) is 4.81. The second-order valence-corrected chi connectivity index (χ2v) is 5.13. The van der Waals surface area contributed by atoms with E-state index in [2.05, 4.69) is 58.5 Å². The molecule has 0 fully saturated rings. The highest BCUT2D eigenvalue weighted by atomic mass is 14.7. The van der Waals surface area contributed by atoms with E-state index in [1.165, 1.54) is 21.7 Å². The quantitative estimate of drug-likeness (QED) is 0.406. The van der Waals surface area contributed by atoms with Crippen LogP contribution in [-0.2, 0) is 0 Å². The Balaban J connectivity index is 2.05. The molecule has 0 aliphatic heterocycles. The Morgan fingerprint density at radius 3 is 2.50 bits per heavy atom. The summed E-state index contributed by atoms with van der Waals surface area (Å²) in [5.41, 5.74) is 4.59. The number of nitrogens with one attached hydrogen (secondary N) is 2. The number of benzene rings is 2. The molecule has 0 amide bonds. The van der Waals surface area contributed by atoms with E-state index in [0.717, 1.165) is 21.9 Å². The highest BCUT2D eigenvalue weighted by Crippen LogP contribution is 2.32. The van der Waals surface area contributed by atoms with Gasteiger partial charge in [0, 0.05) is 32.7 Å². The lowest BCUT2D eigenvalue weighted by Gasteiger charge is -1.92. The minimum absolute atomic E-state index is 1.10. The Labute approximate surface area is 115 Å². The van der Waals surface area contributed by atoms with Gasteiger partial charge in [0.1, 0.15) is 0 Å². The summed E-state index contributed by atoms with van der Waals surface area (Å²) >= 11 is 0. The molecule has 2 heterocycles. The maximum Gasteiger partial charge on any atom is 0.0578 e. The van der Waals surface area contributed by atoms with Crippen molar-refractivity contribution in [2.45, 2.75) is 0 Å². The number of hydrogen-bond acceptors (Lipinski definition) is 0. The van der Waals surface area contributed by atoms with Crippen LogP contribution in [0.15, 0.2) is 48.5 Å². The number of hydrogen-bond donors (Lipinski definition) is 2. The van der Waals surface area contributed by atoms with Crippen LogP contribution >= 0.6 is 0 Å². The summed E-state index contributed by atoms with van der Waals surface area (Å²) in [7, 11) is 0. The van der Waals surface area contributed by atoms with Crippen LogP contribution in [0.3, 0.4) is 0 Å². The van der Waals surface area contributed by atoms with E-state index in [-0.39, 0.29) is 0 Å². The van der Waals surface area contributed by atoms with Crippen LogP contribution in [0.25, 0.3) is 43.6 Å². The van der Waals surface area contributed by atoms with Crippen molar-refractivity contribution in [2.24, 2.45) is 0 Å². The monoisotopic (exact) mass is 254 g/mol. The van der Waals surface area contributed by atoms with Crippen molar-refractivity contribution in [2.75, 3.05) is 0 Å². The molecule has 0 aliphatic carbocycles. The van der Waals surface area contributed by atoms with Gasteiger partial charge in [-0.05, 0) is 30.3 Å². The van der Waals surface area contributed by atoms with Crippen molar-refractivity contribution in [3.8, 4) is 0 Å². The molecule has 2 nitrogen and oxygen atoms in total. The second kappa shape index (κ2) is 3.34. The Hall–Kier alpha value is -2.92. The Morgan fingerprint density at radius 1 is 0.700 bits per heavy atom. The van der Waals surface area contributed by atoms with Gasteiger partial charge in [-0.15, -0.1) is 0 Å². The largest absolute Gasteiger partial charge is 0.354 e. The lowest BCUT2D eigenvalue weighted by atomic mass is 10.1. The van der Waals surface area contributed by atoms with Gasteiger partial charge in [-0.3, -0.25) is 0 Å². The van der Waals surface area contributed by atoms with Crippen LogP contribution in [0, 0.1) is 12.1 Å². The molecular weight excluding hydrogens is 244 g/mol. The lowest BCUT2D eigenvalue weighted by molar-refractivity contribution is 1.54. The topological polar surface area (TPSA) is 31.6 Å². The first-order valence-corrected chi connectivity index (χ1v) is 6.64. The molecule has 2 aromatic heterocycles. The van der Waals surface area contributed by atoms with Gasteiger partial charge in [0.15, 0.2) is 0 Å². The molecule has 92 valence electrons. The Kier molecular flexibility index (Phi) is 1.66. The zero-order chi connectivity index (χ0) is 13.1. The van der Waals surface area contributed by atoms with E-state index in [0.29, 0.717) is 0 Å². The summed E-state index contributed by atoms with van der Waals surface area (Å²) in [6, 6.07) is 23.0. The number of aromatic amines is 2. The van der Waals surface area contributed by atoms with Gasteiger partial charge in [-0.1, -0.05) is 30.3 Å². The third-order valence-electron chi connectivity index (χ3n) is 3.98. The molecule has 2 heteroatoms. The first-order chi connectivity index (χ1) is 9.90. The minimum atomic E-state index is 1.10. The smallest absolute Gasteiger partial charge is 0.0578 e. The van der Waals surface area contributed by atoms with Crippen LogP contribution in [0.1, 0.15) is 0 Å². The lowest BCUT2D eigenvalue weighted by Crippen LogP contribution is -1.70. The zero-order valence-electron chi connectivity index (χ0n) is 10.6. The number of para-hydroxylation sites is 1. The van der Waals surface area contributed by atoms with Gasteiger partial charge in [-0.25, -0.2) is 0 Å². The first kappa shape index (κ1) is 9.94. The summed E-state index contributed by atoms with van der Waals surface area (Å²) < 4.78 is 0. The summed E-state index contributed by atoms with van der Waals surface area (Å²) in [5.74, 6) is 0. The zero-order valence-corrected chi connectivity index (χ0v) is 10.6. The maximum atomic E-state index is 3.49. The van der Waals surface area contributed by atoms with Crippen molar-refractivity contribution in [1.29, 1.82) is 0 Å². The molecule has 5 aromatic rings. The van der Waals surface area contributed by atoms with Crippen molar-refractivity contribution in [3.05, 3.63) is 60.7 Å².